The molecule has 2 heterocycles. The van der Waals surface area contributed by atoms with Crippen LogP contribution in [0.1, 0.15) is 38.3 Å². The van der Waals surface area contributed by atoms with Gasteiger partial charge in [0.15, 0.2) is 0 Å². The highest BCUT2D eigenvalue weighted by molar-refractivity contribution is 6.13. The van der Waals surface area contributed by atoms with Crippen LogP contribution >= 0.6 is 0 Å². The Morgan fingerprint density at radius 2 is 1.53 bits per heavy atom. The third-order valence-corrected chi connectivity index (χ3v) is 8.64. The molecule has 3 aromatic carbocycles. The first-order valence-corrected chi connectivity index (χ1v) is 11.4. The molecule has 1 N–H and O–H groups in total. The van der Waals surface area contributed by atoms with E-state index in [4.69, 9.17) is 0 Å². The van der Waals surface area contributed by atoms with Crippen LogP contribution in [-0.4, -0.2) is 33.2 Å². The molecule has 6 rings (SSSR count). The fourth-order valence-corrected chi connectivity index (χ4v) is 6.41. The quantitative estimate of drug-likeness (QED) is 0.372. The Bertz CT molecular complexity index is 1350. The van der Waals surface area contributed by atoms with Crippen molar-refractivity contribution in [2.45, 2.75) is 45.1 Å². The van der Waals surface area contributed by atoms with Crippen molar-refractivity contribution < 1.29 is 9.90 Å². The fraction of sp³-hybridized carbons (Fsp3) is 0.321. The predicted octanol–water partition coefficient (Wildman–Crippen LogP) is 6.08. The summed E-state index contributed by atoms with van der Waals surface area (Å²) in [5.74, 6) is 0.348. The zero-order valence-corrected chi connectivity index (χ0v) is 18.8. The highest BCUT2D eigenvalue weighted by Gasteiger charge is 2.57. The van der Waals surface area contributed by atoms with Gasteiger partial charge in [0.2, 0.25) is 0 Å². The minimum absolute atomic E-state index is 0.00877. The lowest BCUT2D eigenvalue weighted by Gasteiger charge is -2.60. The zero-order valence-electron chi connectivity index (χ0n) is 18.8. The first kappa shape index (κ1) is 19.4. The normalized spacial score (nSPS) is 24.0. The Labute approximate surface area is 188 Å². The van der Waals surface area contributed by atoms with Gasteiger partial charge in [0, 0.05) is 28.8 Å². The van der Waals surface area contributed by atoms with Crippen LogP contribution in [-0.2, 0) is 11.8 Å². The van der Waals surface area contributed by atoms with E-state index < -0.39 is 0 Å². The SMILES string of the molecule is CC1(C)[C@@H]2Cc3c(O)cccc3[C@@]1(C)CCN2C(=O)n1c2ccccc2c2ccccc21. The van der Waals surface area contributed by atoms with Gasteiger partial charge in [0.25, 0.3) is 0 Å². The second-order valence-electron chi connectivity index (χ2n) is 10.2. The first-order chi connectivity index (χ1) is 15.3. The number of carbonyl (C=O) groups is 1. The number of hydrogen-bond acceptors (Lipinski definition) is 2. The van der Waals surface area contributed by atoms with Gasteiger partial charge in [-0.15, -0.1) is 0 Å². The molecule has 0 radical (unpaired) electrons. The molecule has 2 atom stereocenters. The van der Waals surface area contributed by atoms with Crippen LogP contribution in [0.5, 0.6) is 5.75 Å². The summed E-state index contributed by atoms with van der Waals surface area (Å²) in [6.07, 6.45) is 1.54. The largest absolute Gasteiger partial charge is 0.508 e. The zero-order chi connectivity index (χ0) is 22.3. The van der Waals surface area contributed by atoms with E-state index in [1.807, 2.05) is 47.0 Å². The van der Waals surface area contributed by atoms with Gasteiger partial charge >= 0.3 is 6.03 Å². The summed E-state index contributed by atoms with van der Waals surface area (Å²) >= 11 is 0. The minimum atomic E-state index is -0.125. The maximum atomic E-state index is 14.2. The average molecular weight is 425 g/mol. The van der Waals surface area contributed by atoms with E-state index in [2.05, 4.69) is 43.9 Å². The van der Waals surface area contributed by atoms with Crippen molar-refractivity contribution in [2.24, 2.45) is 5.41 Å². The molecule has 4 heteroatoms. The van der Waals surface area contributed by atoms with Gasteiger partial charge in [-0.3, -0.25) is 4.57 Å². The number of piperidine rings is 1. The summed E-state index contributed by atoms with van der Waals surface area (Å²) in [4.78, 5) is 16.3. The smallest absolute Gasteiger partial charge is 0.329 e. The number of phenols is 1. The van der Waals surface area contributed by atoms with Crippen LogP contribution in [0.15, 0.2) is 66.7 Å². The number of aromatic hydroxyl groups is 1. The van der Waals surface area contributed by atoms with Crippen LogP contribution in [0, 0.1) is 5.41 Å². The number of nitrogens with zero attached hydrogens (tertiary/aromatic N) is 2. The molecule has 0 unspecified atom stereocenters. The number of fused-ring (bicyclic) bond motifs is 7. The number of carbonyl (C=O) groups excluding carboxylic acids is 1. The van der Waals surface area contributed by atoms with E-state index in [0.717, 1.165) is 33.8 Å². The van der Waals surface area contributed by atoms with Crippen molar-refractivity contribution in [2.75, 3.05) is 6.54 Å². The maximum absolute atomic E-state index is 14.2. The Kier molecular flexibility index (Phi) is 3.87. The monoisotopic (exact) mass is 424 g/mol. The molecule has 1 aliphatic carbocycles. The molecule has 32 heavy (non-hydrogen) atoms. The van der Waals surface area contributed by atoms with E-state index >= 15 is 0 Å². The molecule has 1 aliphatic heterocycles. The summed E-state index contributed by atoms with van der Waals surface area (Å²) < 4.78 is 1.89. The second-order valence-corrected chi connectivity index (χ2v) is 10.2. The molecule has 1 amide bonds. The molecule has 4 aromatic rings. The summed E-state index contributed by atoms with van der Waals surface area (Å²) in [5, 5.41) is 12.9. The number of phenolic OH excluding ortho intramolecular Hbond substituents is 1. The summed E-state index contributed by atoms with van der Waals surface area (Å²) in [7, 11) is 0. The van der Waals surface area contributed by atoms with Crippen LogP contribution in [0.25, 0.3) is 21.8 Å². The van der Waals surface area contributed by atoms with Gasteiger partial charge < -0.3 is 10.0 Å². The molecule has 1 fully saturated rings. The Balaban J connectivity index is 1.53. The lowest BCUT2D eigenvalue weighted by atomic mass is 9.51. The van der Waals surface area contributed by atoms with Gasteiger partial charge in [-0.1, -0.05) is 69.3 Å². The van der Waals surface area contributed by atoms with Crippen molar-refractivity contribution in [3.05, 3.63) is 77.9 Å². The molecule has 1 saturated heterocycles. The van der Waals surface area contributed by atoms with E-state index in [-0.39, 0.29) is 22.9 Å². The van der Waals surface area contributed by atoms with Gasteiger partial charge in [-0.2, -0.15) is 0 Å². The minimum Gasteiger partial charge on any atom is -0.508 e. The maximum Gasteiger partial charge on any atom is 0.329 e. The van der Waals surface area contributed by atoms with Crippen LogP contribution in [0.4, 0.5) is 4.79 Å². The molecule has 4 nitrogen and oxygen atoms in total. The number of amides is 1. The van der Waals surface area contributed by atoms with E-state index in [9.17, 15) is 9.90 Å². The molecule has 2 bridgehead atoms. The summed E-state index contributed by atoms with van der Waals surface area (Å²) in [5.41, 5.74) is 3.91. The van der Waals surface area contributed by atoms with Crippen LogP contribution in [0.3, 0.4) is 0 Å². The third-order valence-electron chi connectivity index (χ3n) is 8.64. The molecule has 0 spiro atoms. The second kappa shape index (κ2) is 6.38. The number of likely N-dealkylation sites (tertiary alicyclic amines) is 1. The van der Waals surface area contributed by atoms with Crippen LogP contribution < -0.4 is 0 Å². The van der Waals surface area contributed by atoms with E-state index in [1.165, 1.54) is 5.56 Å². The van der Waals surface area contributed by atoms with Crippen molar-refractivity contribution in [3.63, 3.8) is 0 Å². The van der Waals surface area contributed by atoms with Gasteiger partial charge in [-0.05, 0) is 47.6 Å². The lowest BCUT2D eigenvalue weighted by molar-refractivity contribution is -0.0155. The van der Waals surface area contributed by atoms with E-state index in [0.29, 0.717) is 18.7 Å². The highest BCUT2D eigenvalue weighted by Crippen LogP contribution is 2.57. The summed E-state index contributed by atoms with van der Waals surface area (Å²) in [6, 6.07) is 22.2. The lowest BCUT2D eigenvalue weighted by Crippen LogP contribution is -2.65. The van der Waals surface area contributed by atoms with Crippen molar-refractivity contribution in [1.82, 2.24) is 9.47 Å². The van der Waals surface area contributed by atoms with Crippen molar-refractivity contribution in [3.8, 4) is 5.75 Å². The molecule has 2 aliphatic rings. The third kappa shape index (κ3) is 2.30. The Hall–Kier alpha value is -3.27. The Morgan fingerprint density at radius 3 is 2.19 bits per heavy atom. The number of aromatic nitrogens is 1. The molecular formula is C28H28N2O2. The van der Waals surface area contributed by atoms with E-state index in [1.54, 1.807) is 6.07 Å². The fourth-order valence-electron chi connectivity index (χ4n) is 6.41. The van der Waals surface area contributed by atoms with Crippen LogP contribution in [0.2, 0.25) is 0 Å². The molecule has 162 valence electrons. The summed E-state index contributed by atoms with van der Waals surface area (Å²) in [6.45, 7) is 7.59. The van der Waals surface area contributed by atoms with Crippen molar-refractivity contribution >= 4 is 27.8 Å². The Morgan fingerprint density at radius 1 is 0.906 bits per heavy atom. The van der Waals surface area contributed by atoms with Gasteiger partial charge in [-0.25, -0.2) is 4.79 Å². The number of rotatable bonds is 0. The number of para-hydroxylation sites is 2. The average Bonchev–Trinajstić information content (AvgIpc) is 3.11. The number of benzene rings is 3. The molecule has 0 saturated carbocycles. The standard InChI is InChI=1S/C28H28N2O2/c1-27(2)25-17-20-21(11-8-14-24(20)31)28(27,3)15-16-29(25)26(32)30-22-12-6-4-9-18(22)19-10-5-7-13-23(19)30/h4-14,25,31H,15-17H2,1-3H3/t25-,28+/m0/s1. The predicted molar refractivity (Wildman–Crippen MR) is 128 cm³/mol. The molecule has 1 aromatic heterocycles. The van der Waals surface area contributed by atoms with Gasteiger partial charge in [0.05, 0.1) is 11.0 Å². The van der Waals surface area contributed by atoms with Gasteiger partial charge in [0.1, 0.15) is 5.75 Å². The first-order valence-electron chi connectivity index (χ1n) is 11.4. The molecular weight excluding hydrogens is 396 g/mol. The highest BCUT2D eigenvalue weighted by atomic mass is 16.3. The topological polar surface area (TPSA) is 45.5 Å². The number of hydrogen-bond donors (Lipinski definition) is 1. The van der Waals surface area contributed by atoms with Crippen molar-refractivity contribution in [1.29, 1.82) is 0 Å².